The lowest BCUT2D eigenvalue weighted by atomic mass is 10.00. The average molecular weight is 432 g/mol. The van der Waals surface area contributed by atoms with Crippen LogP contribution in [0.25, 0.3) is 11.0 Å². The number of anilines is 2. The normalized spacial score (nSPS) is 11.6. The Hall–Kier alpha value is -3.02. The molecule has 0 spiro atoms. The summed E-state index contributed by atoms with van der Waals surface area (Å²) in [5.41, 5.74) is 9.68. The van der Waals surface area contributed by atoms with Gasteiger partial charge in [-0.15, -0.1) is 0 Å². The van der Waals surface area contributed by atoms with Gasteiger partial charge in [0.25, 0.3) is 5.82 Å². The number of hydrogen-bond acceptors (Lipinski definition) is 6. The van der Waals surface area contributed by atoms with E-state index in [2.05, 4.69) is 45.1 Å². The number of halogens is 2. The lowest BCUT2D eigenvalue weighted by molar-refractivity contribution is -0.704. The van der Waals surface area contributed by atoms with Gasteiger partial charge in [-0.2, -0.15) is 9.94 Å². The largest absolute Gasteiger partial charge is 0.353 e. The summed E-state index contributed by atoms with van der Waals surface area (Å²) in [5.74, 6) is 1.32. The minimum absolute atomic E-state index is 0.244. The lowest BCUT2D eigenvalue weighted by Gasteiger charge is -2.14. The number of fused-ring (bicyclic) bond motifs is 1. The van der Waals surface area contributed by atoms with Gasteiger partial charge >= 0.3 is 5.65 Å². The molecule has 150 valence electrons. The van der Waals surface area contributed by atoms with Crippen LogP contribution in [0.2, 0.25) is 10.3 Å². The number of rotatable bonds is 6. The third-order valence-electron chi connectivity index (χ3n) is 4.26. The molecule has 0 bridgehead atoms. The van der Waals surface area contributed by atoms with Crippen molar-refractivity contribution in [1.82, 2.24) is 20.5 Å². The zero-order valence-corrected chi connectivity index (χ0v) is 17.9. The van der Waals surface area contributed by atoms with Crippen molar-refractivity contribution in [3.05, 3.63) is 51.7 Å². The third-order valence-corrected chi connectivity index (χ3v) is 4.64. The Morgan fingerprint density at radius 1 is 1.24 bits per heavy atom. The van der Waals surface area contributed by atoms with Crippen molar-refractivity contribution < 1.29 is 4.68 Å². The quantitative estimate of drug-likeness (QED) is 0.204. The molecule has 29 heavy (non-hydrogen) atoms. The molecule has 0 atom stereocenters. The molecule has 0 saturated heterocycles. The molecular weight excluding hydrogens is 411 g/mol. The summed E-state index contributed by atoms with van der Waals surface area (Å²) in [6.45, 7) is 6.31. The van der Waals surface area contributed by atoms with Crippen LogP contribution in [0.3, 0.4) is 0 Å². The number of aryl methyl sites for hydroxylation is 2. The lowest BCUT2D eigenvalue weighted by Crippen LogP contribution is -2.32. The second kappa shape index (κ2) is 8.55. The molecule has 0 saturated carbocycles. The number of aromatic nitrogens is 4. The van der Waals surface area contributed by atoms with Crippen LogP contribution in [-0.2, 0) is 7.05 Å². The van der Waals surface area contributed by atoms with E-state index in [0.717, 1.165) is 16.7 Å². The number of nitrogens with one attached hydrogen (secondary N) is 4. The highest BCUT2D eigenvalue weighted by atomic mass is 35.5. The van der Waals surface area contributed by atoms with Gasteiger partial charge in [-0.05, 0) is 35.5 Å². The second-order valence-electron chi connectivity index (χ2n) is 6.81. The van der Waals surface area contributed by atoms with Crippen molar-refractivity contribution in [3.63, 3.8) is 0 Å². The fourth-order valence-corrected chi connectivity index (χ4v) is 3.51. The van der Waals surface area contributed by atoms with E-state index in [1.165, 1.54) is 11.6 Å². The van der Waals surface area contributed by atoms with Crippen molar-refractivity contribution >= 4 is 45.7 Å². The topological polar surface area (TPSA) is 105 Å². The summed E-state index contributed by atoms with van der Waals surface area (Å²) in [5, 5.41) is 17.0. The van der Waals surface area contributed by atoms with Crippen molar-refractivity contribution in [2.45, 2.75) is 26.7 Å². The molecule has 8 nitrogen and oxygen atoms in total. The molecule has 0 aliphatic heterocycles. The minimum Gasteiger partial charge on any atom is -0.340 e. The Labute approximate surface area is 178 Å². The molecule has 0 aliphatic rings. The van der Waals surface area contributed by atoms with E-state index in [9.17, 15) is 0 Å². The fraction of sp³-hybridized carbons (Fsp3) is 0.263. The van der Waals surface area contributed by atoms with E-state index in [1.54, 1.807) is 12.1 Å². The first kappa shape index (κ1) is 20.7. The Kier molecular flexibility index (Phi) is 6.11. The van der Waals surface area contributed by atoms with Crippen molar-refractivity contribution in [1.29, 1.82) is 5.26 Å². The summed E-state index contributed by atoms with van der Waals surface area (Å²) in [6.07, 6.45) is 1.32. The van der Waals surface area contributed by atoms with E-state index in [1.807, 2.05) is 30.8 Å². The summed E-state index contributed by atoms with van der Waals surface area (Å²) in [6, 6.07) is 7.18. The molecule has 4 N–H and O–H groups in total. The van der Waals surface area contributed by atoms with Gasteiger partial charge in [0.2, 0.25) is 0 Å². The molecule has 0 radical (unpaired) electrons. The van der Waals surface area contributed by atoms with Crippen molar-refractivity contribution in [2.75, 3.05) is 10.7 Å². The number of nitriles is 1. The maximum absolute atomic E-state index is 9.10. The monoisotopic (exact) mass is 431 g/mol. The van der Waals surface area contributed by atoms with Crippen LogP contribution < -0.4 is 20.9 Å². The number of hydrogen-bond donors (Lipinski definition) is 4. The first-order valence-electron chi connectivity index (χ1n) is 8.89. The second-order valence-corrected chi connectivity index (χ2v) is 7.58. The van der Waals surface area contributed by atoms with Gasteiger partial charge in [0.1, 0.15) is 23.2 Å². The number of pyridine rings is 2. The number of allylic oxidation sites excluding steroid dienone is 1. The number of aromatic amines is 1. The molecule has 3 heterocycles. The molecule has 0 unspecified atom stereocenters. The van der Waals surface area contributed by atoms with Crippen LogP contribution in [-0.4, -0.2) is 15.1 Å². The maximum atomic E-state index is 9.10. The molecule has 3 aromatic rings. The molecule has 3 rings (SSSR count). The summed E-state index contributed by atoms with van der Waals surface area (Å²) in [7, 11) is 1.92. The van der Waals surface area contributed by atoms with Gasteiger partial charge in [-0.25, -0.2) is 10.1 Å². The third kappa shape index (κ3) is 4.70. The van der Waals surface area contributed by atoms with Crippen LogP contribution in [0.5, 0.6) is 0 Å². The molecule has 0 aliphatic carbocycles. The average Bonchev–Trinajstić information content (AvgIpc) is 2.92. The van der Waals surface area contributed by atoms with Crippen LogP contribution in [0, 0.1) is 18.3 Å². The predicted molar refractivity (Wildman–Crippen MR) is 114 cm³/mol. The minimum atomic E-state index is 0.244. The van der Waals surface area contributed by atoms with E-state index >= 15 is 0 Å². The fourth-order valence-electron chi connectivity index (χ4n) is 3.05. The zero-order chi connectivity index (χ0) is 21.1. The van der Waals surface area contributed by atoms with E-state index in [4.69, 9.17) is 28.5 Å². The molecule has 0 fully saturated rings. The smallest absolute Gasteiger partial charge is 0.340 e. The Bertz CT molecular complexity index is 1110. The van der Waals surface area contributed by atoms with Gasteiger partial charge in [-0.3, -0.25) is 10.9 Å². The predicted octanol–water partition coefficient (Wildman–Crippen LogP) is 3.91. The van der Waals surface area contributed by atoms with Gasteiger partial charge in [0.05, 0.1) is 23.2 Å². The SMILES string of the molecule is Cc1[nH][n+](C)c2nc(NN/C(=C/C#N)Nc3cc(Cl)nc(Cl)c3)cc(C(C)C)c12. The van der Waals surface area contributed by atoms with Gasteiger partial charge in [0.15, 0.2) is 0 Å². The number of H-pyrrole nitrogens is 1. The maximum Gasteiger partial charge on any atom is 0.353 e. The molecule has 0 amide bonds. The van der Waals surface area contributed by atoms with E-state index < -0.39 is 0 Å². The Morgan fingerprint density at radius 2 is 1.93 bits per heavy atom. The Morgan fingerprint density at radius 3 is 2.55 bits per heavy atom. The first-order chi connectivity index (χ1) is 13.8. The van der Waals surface area contributed by atoms with E-state index in [-0.39, 0.29) is 10.3 Å². The molecule has 3 aromatic heterocycles. The number of hydrazine groups is 1. The summed E-state index contributed by atoms with van der Waals surface area (Å²) in [4.78, 5) is 8.58. The summed E-state index contributed by atoms with van der Waals surface area (Å²) >= 11 is 11.9. The van der Waals surface area contributed by atoms with Crippen molar-refractivity contribution in [3.8, 4) is 6.07 Å². The van der Waals surface area contributed by atoms with Crippen LogP contribution in [0.15, 0.2) is 30.1 Å². The highest BCUT2D eigenvalue weighted by Crippen LogP contribution is 2.27. The van der Waals surface area contributed by atoms with Crippen LogP contribution >= 0.6 is 23.2 Å². The standard InChI is InChI=1S/C19H20Cl2N8/c1-10(2)13-9-17(25-19-18(13)11(3)28-29(19)4)27-26-16(5-6-22)23-12-7-14(20)24-15(21)8-12/h5,7-10,26H,1-4H3,(H2,23,24,25,27,28)/p+1/b16-5+. The molecular formula is C19H21Cl2N8+. The Balaban J connectivity index is 1.86. The molecule has 0 aromatic carbocycles. The summed E-state index contributed by atoms with van der Waals surface area (Å²) < 4.78 is 1.88. The van der Waals surface area contributed by atoms with Gasteiger partial charge < -0.3 is 5.32 Å². The van der Waals surface area contributed by atoms with Crippen molar-refractivity contribution in [2.24, 2.45) is 7.05 Å². The van der Waals surface area contributed by atoms with Crippen LogP contribution in [0.1, 0.15) is 31.0 Å². The first-order valence-corrected chi connectivity index (χ1v) is 9.65. The highest BCUT2D eigenvalue weighted by molar-refractivity contribution is 6.32. The highest BCUT2D eigenvalue weighted by Gasteiger charge is 2.21. The van der Waals surface area contributed by atoms with E-state index in [0.29, 0.717) is 23.2 Å². The van der Waals surface area contributed by atoms with Gasteiger partial charge in [0, 0.05) is 11.8 Å². The van der Waals surface area contributed by atoms with Crippen LogP contribution in [0.4, 0.5) is 11.5 Å². The zero-order valence-electron chi connectivity index (χ0n) is 16.4. The number of nitrogens with zero attached hydrogens (tertiary/aromatic N) is 4. The van der Waals surface area contributed by atoms with Gasteiger partial charge in [-0.1, -0.05) is 37.0 Å². The molecule has 10 heteroatoms.